The van der Waals surface area contributed by atoms with Gasteiger partial charge in [-0.05, 0) is 41.5 Å². The lowest BCUT2D eigenvalue weighted by Crippen LogP contribution is -2.45. The maximum absolute atomic E-state index is 7.02. The molecule has 11 aromatic rings. The highest BCUT2D eigenvalue weighted by molar-refractivity contribution is 7.26. The third kappa shape index (κ3) is 5.08. The molecule has 2 N–H and O–H groups in total. The zero-order valence-corrected chi connectivity index (χ0v) is 31.5. The number of aliphatic imine (C=N–C) groups is 1. The molecule has 0 bridgehead atoms. The Morgan fingerprint density at radius 2 is 1.18 bits per heavy atom. The molecule has 0 spiro atoms. The minimum absolute atomic E-state index is 0.146. The second kappa shape index (κ2) is 12.8. The van der Waals surface area contributed by atoms with E-state index >= 15 is 0 Å². The number of aromatic nitrogens is 1. The number of hydrogen-bond acceptors (Lipinski definition) is 5. The predicted molar refractivity (Wildman–Crippen MR) is 238 cm³/mol. The average Bonchev–Trinajstić information content (AvgIpc) is 3.96. The average molecular weight is 751 g/mol. The molecule has 0 fully saturated rings. The Morgan fingerprint density at radius 3 is 1.96 bits per heavy atom. The molecule has 0 amide bonds. The van der Waals surface area contributed by atoms with E-state index in [1.165, 1.54) is 47.5 Å². The van der Waals surface area contributed by atoms with Gasteiger partial charge in [0.1, 0.15) is 23.8 Å². The van der Waals surface area contributed by atoms with Crippen molar-refractivity contribution in [1.29, 1.82) is 0 Å². The highest BCUT2D eigenvalue weighted by Gasteiger charge is 2.27. The van der Waals surface area contributed by atoms with Crippen LogP contribution in [0.1, 0.15) is 29.0 Å². The molecule has 3 aromatic heterocycles. The molecule has 0 saturated carbocycles. The minimum atomic E-state index is -0.191. The van der Waals surface area contributed by atoms with Crippen LogP contribution in [0.2, 0.25) is 0 Å². The van der Waals surface area contributed by atoms with Gasteiger partial charge in [0.2, 0.25) is 0 Å². The molecule has 8 aromatic carbocycles. The molecular formula is C51H34N4OS. The van der Waals surface area contributed by atoms with Crippen molar-refractivity contribution >= 4 is 81.1 Å². The first kappa shape index (κ1) is 32.3. The molecule has 4 heterocycles. The van der Waals surface area contributed by atoms with Crippen molar-refractivity contribution in [2.45, 2.75) is 12.3 Å². The van der Waals surface area contributed by atoms with E-state index in [0.717, 1.165) is 55.7 Å². The number of para-hydroxylation sites is 4. The van der Waals surface area contributed by atoms with E-state index in [1.54, 1.807) is 0 Å². The first-order valence-electron chi connectivity index (χ1n) is 19.4. The fraction of sp³-hybridized carbons (Fsp3) is 0.0392. The number of furan rings is 1. The van der Waals surface area contributed by atoms with Crippen molar-refractivity contribution in [2.75, 3.05) is 0 Å². The second-order valence-corrected chi connectivity index (χ2v) is 15.8. The number of nitrogens with one attached hydrogen (secondary N) is 2. The molecule has 2 unspecified atom stereocenters. The summed E-state index contributed by atoms with van der Waals surface area (Å²) in [6.45, 7) is 0. The lowest BCUT2D eigenvalue weighted by atomic mass is 9.99. The summed E-state index contributed by atoms with van der Waals surface area (Å²) in [7, 11) is 0. The van der Waals surface area contributed by atoms with E-state index in [0.29, 0.717) is 0 Å². The van der Waals surface area contributed by atoms with Gasteiger partial charge in [-0.3, -0.25) is 5.32 Å². The van der Waals surface area contributed by atoms with E-state index < -0.39 is 0 Å². The van der Waals surface area contributed by atoms with E-state index in [9.17, 15) is 0 Å². The molecule has 6 heteroatoms. The predicted octanol–water partition coefficient (Wildman–Crippen LogP) is 13.1. The van der Waals surface area contributed by atoms with Crippen molar-refractivity contribution in [1.82, 2.24) is 15.2 Å². The third-order valence-electron chi connectivity index (χ3n) is 11.5. The number of rotatable bonds is 5. The molecule has 0 radical (unpaired) electrons. The Labute approximate surface area is 332 Å². The lowest BCUT2D eigenvalue weighted by molar-refractivity contribution is 0.411. The largest absolute Gasteiger partial charge is 0.453 e. The van der Waals surface area contributed by atoms with Gasteiger partial charge in [0, 0.05) is 58.4 Å². The number of hydrogen-bond donors (Lipinski definition) is 2. The fourth-order valence-corrected chi connectivity index (χ4v) is 10.1. The quantitative estimate of drug-likeness (QED) is 0.184. The van der Waals surface area contributed by atoms with Crippen molar-refractivity contribution in [3.63, 3.8) is 0 Å². The number of thiophene rings is 1. The first-order chi connectivity index (χ1) is 28.3. The van der Waals surface area contributed by atoms with Crippen molar-refractivity contribution in [3.8, 4) is 16.8 Å². The normalized spacial score (nSPS) is 15.9. The third-order valence-corrected chi connectivity index (χ3v) is 12.7. The molecule has 2 atom stereocenters. The molecule has 0 saturated heterocycles. The summed E-state index contributed by atoms with van der Waals surface area (Å²) in [5.41, 5.74) is 10.8. The molecule has 270 valence electrons. The minimum Gasteiger partial charge on any atom is -0.453 e. The van der Waals surface area contributed by atoms with Gasteiger partial charge in [0.25, 0.3) is 0 Å². The van der Waals surface area contributed by atoms with Gasteiger partial charge in [-0.15, -0.1) is 11.3 Å². The summed E-state index contributed by atoms with van der Waals surface area (Å²) in [5.74, 6) is 0.883. The van der Waals surface area contributed by atoms with Crippen LogP contribution in [0.5, 0.6) is 0 Å². The molecule has 0 aliphatic carbocycles. The summed E-state index contributed by atoms with van der Waals surface area (Å²) in [4.78, 5) is 5.14. The monoisotopic (exact) mass is 750 g/mol. The van der Waals surface area contributed by atoms with Gasteiger partial charge in [0.05, 0.1) is 16.7 Å². The van der Waals surface area contributed by atoms with Crippen molar-refractivity contribution in [2.24, 2.45) is 4.99 Å². The highest BCUT2D eigenvalue weighted by atomic mass is 32.1. The number of amidine groups is 1. The van der Waals surface area contributed by atoms with E-state index in [2.05, 4.69) is 191 Å². The summed E-state index contributed by atoms with van der Waals surface area (Å²) in [6.07, 6.45) is -0.337. The summed E-state index contributed by atoms with van der Waals surface area (Å²) >= 11 is 1.84. The summed E-state index contributed by atoms with van der Waals surface area (Å²) < 4.78 is 11.9. The number of nitrogens with zero attached hydrogens (tertiary/aromatic N) is 2. The Kier molecular flexibility index (Phi) is 7.24. The molecule has 57 heavy (non-hydrogen) atoms. The zero-order chi connectivity index (χ0) is 37.5. The van der Waals surface area contributed by atoms with E-state index in [-0.39, 0.29) is 12.3 Å². The Hall–Kier alpha value is -6.99. The van der Waals surface area contributed by atoms with Crippen LogP contribution in [0.15, 0.2) is 191 Å². The summed E-state index contributed by atoms with van der Waals surface area (Å²) in [5, 5.41) is 14.7. The van der Waals surface area contributed by atoms with Crippen LogP contribution in [-0.4, -0.2) is 10.4 Å². The Bertz CT molecular complexity index is 3320. The molecule has 1 aliphatic rings. The van der Waals surface area contributed by atoms with Gasteiger partial charge in [0.15, 0.2) is 5.58 Å². The van der Waals surface area contributed by atoms with Crippen LogP contribution in [-0.2, 0) is 0 Å². The smallest absolute Gasteiger partial charge is 0.159 e. The Balaban J connectivity index is 0.984. The lowest BCUT2D eigenvalue weighted by Gasteiger charge is -2.32. The Morgan fingerprint density at radius 1 is 0.526 bits per heavy atom. The van der Waals surface area contributed by atoms with Gasteiger partial charge < -0.3 is 14.3 Å². The number of fused-ring (bicyclic) bond motifs is 9. The topological polar surface area (TPSA) is 54.5 Å². The summed E-state index contributed by atoms with van der Waals surface area (Å²) in [6, 6.07) is 64.7. The van der Waals surface area contributed by atoms with Crippen molar-refractivity contribution in [3.05, 3.63) is 199 Å². The van der Waals surface area contributed by atoms with E-state index in [1.807, 2.05) is 17.4 Å². The SMILES string of the molecule is c1ccc(C2=NC(c3ccccc3)NC(c3cccc4c3sc3ccc(-c5cccc6c5oc5c(-n7c8ccccc8c8ccccc87)cccc56)cc34)N2)cc1. The molecule has 1 aliphatic heterocycles. The van der Waals surface area contributed by atoms with Crippen LogP contribution in [0, 0.1) is 0 Å². The molecule has 5 nitrogen and oxygen atoms in total. The van der Waals surface area contributed by atoms with Crippen LogP contribution < -0.4 is 10.6 Å². The first-order valence-corrected chi connectivity index (χ1v) is 20.2. The van der Waals surface area contributed by atoms with Crippen molar-refractivity contribution < 1.29 is 4.42 Å². The maximum Gasteiger partial charge on any atom is 0.159 e. The highest BCUT2D eigenvalue weighted by Crippen LogP contribution is 2.44. The van der Waals surface area contributed by atoms with Gasteiger partial charge >= 0.3 is 0 Å². The fourth-order valence-electron chi connectivity index (χ4n) is 8.87. The molecule has 12 rings (SSSR count). The second-order valence-electron chi connectivity index (χ2n) is 14.7. The number of benzene rings is 8. The standard InChI is InChI=1S/C51H34N4OS/c1-3-14-31(15-4-1)49-52-50(32-16-5-2-6-17-32)54-51(53-49)40-24-12-23-39-41-30-33(28-29-45(41)57-48(39)40)34-20-11-21-37-38-22-13-27-44(47(38)56-46(34)37)55-42-25-9-7-18-35(42)36-19-8-10-26-43(36)55/h1-30,49,51,53H,(H,52,54). The molecular weight excluding hydrogens is 717 g/mol. The van der Waals surface area contributed by atoms with Crippen LogP contribution in [0.25, 0.3) is 80.7 Å². The van der Waals surface area contributed by atoms with Crippen LogP contribution >= 0.6 is 11.3 Å². The van der Waals surface area contributed by atoms with Gasteiger partial charge in [-0.2, -0.15) is 0 Å². The van der Waals surface area contributed by atoms with Gasteiger partial charge in [-0.25, -0.2) is 4.99 Å². The van der Waals surface area contributed by atoms with Crippen LogP contribution in [0.4, 0.5) is 0 Å². The maximum atomic E-state index is 7.02. The zero-order valence-electron chi connectivity index (χ0n) is 30.7. The van der Waals surface area contributed by atoms with Crippen LogP contribution in [0.3, 0.4) is 0 Å². The van der Waals surface area contributed by atoms with Gasteiger partial charge in [-0.1, -0.05) is 152 Å². The van der Waals surface area contributed by atoms with E-state index in [4.69, 9.17) is 9.41 Å².